The lowest BCUT2D eigenvalue weighted by atomic mass is 10.00. The van der Waals surface area contributed by atoms with E-state index in [2.05, 4.69) is 44.2 Å². The van der Waals surface area contributed by atoms with E-state index in [0.717, 1.165) is 43.0 Å². The van der Waals surface area contributed by atoms with Gasteiger partial charge in [0, 0.05) is 37.6 Å². The van der Waals surface area contributed by atoms with Crippen LogP contribution in [0.1, 0.15) is 16.7 Å². The first-order valence-electron chi connectivity index (χ1n) is 8.98. The Morgan fingerprint density at radius 1 is 1.00 bits per heavy atom. The number of benzene rings is 1. The summed E-state index contributed by atoms with van der Waals surface area (Å²) in [5.41, 5.74) is 11.3. The maximum absolute atomic E-state index is 6.03. The lowest BCUT2D eigenvalue weighted by molar-refractivity contribution is 0.246. The maximum Gasteiger partial charge on any atom is 0.223 e. The van der Waals surface area contributed by atoms with E-state index in [-0.39, 0.29) is 0 Å². The van der Waals surface area contributed by atoms with Crippen LogP contribution in [-0.2, 0) is 19.5 Å². The third-order valence-corrected chi connectivity index (χ3v) is 4.96. The van der Waals surface area contributed by atoms with Gasteiger partial charge in [-0.25, -0.2) is 9.97 Å². The first-order valence-corrected chi connectivity index (χ1v) is 8.98. The molecule has 134 valence electrons. The highest BCUT2D eigenvalue weighted by molar-refractivity contribution is 5.58. The quantitative estimate of drug-likeness (QED) is 0.606. The standard InChI is InChI=1S/C20H19N7/c21-20-23-11-16(13-26-10-8-14-5-1-2-6-15(14)12-26)19-24-18(25-27(19)20)17-7-3-4-9-22-17/h1-7,9,11H,8,10,12-13H2,(H2,21,23). The lowest BCUT2D eigenvalue weighted by Gasteiger charge is -2.28. The summed E-state index contributed by atoms with van der Waals surface area (Å²) < 4.78 is 1.61. The number of hydrogen-bond donors (Lipinski definition) is 1. The van der Waals surface area contributed by atoms with Gasteiger partial charge in [0.2, 0.25) is 11.8 Å². The first-order chi connectivity index (χ1) is 13.3. The zero-order valence-corrected chi connectivity index (χ0v) is 14.8. The van der Waals surface area contributed by atoms with Crippen molar-refractivity contribution < 1.29 is 0 Å². The van der Waals surface area contributed by atoms with Gasteiger partial charge in [0.1, 0.15) is 5.69 Å². The molecule has 0 saturated carbocycles. The van der Waals surface area contributed by atoms with Gasteiger partial charge in [0.05, 0.1) is 0 Å². The summed E-state index contributed by atoms with van der Waals surface area (Å²) in [5, 5.41) is 4.51. The number of anilines is 1. The fourth-order valence-electron chi connectivity index (χ4n) is 3.58. The van der Waals surface area contributed by atoms with E-state index >= 15 is 0 Å². The van der Waals surface area contributed by atoms with Crippen molar-refractivity contribution in [3.63, 3.8) is 0 Å². The summed E-state index contributed by atoms with van der Waals surface area (Å²) in [7, 11) is 0. The van der Waals surface area contributed by atoms with Crippen LogP contribution < -0.4 is 5.73 Å². The highest BCUT2D eigenvalue weighted by Crippen LogP contribution is 2.23. The molecule has 0 atom stereocenters. The van der Waals surface area contributed by atoms with Crippen molar-refractivity contribution in [2.45, 2.75) is 19.5 Å². The van der Waals surface area contributed by atoms with E-state index in [1.54, 1.807) is 10.7 Å². The molecule has 1 aliphatic rings. The van der Waals surface area contributed by atoms with Gasteiger partial charge in [0.15, 0.2) is 5.65 Å². The Morgan fingerprint density at radius 3 is 2.70 bits per heavy atom. The first kappa shape index (κ1) is 15.9. The molecule has 0 saturated heterocycles. The van der Waals surface area contributed by atoms with E-state index < -0.39 is 0 Å². The number of nitrogens with two attached hydrogens (primary N) is 1. The summed E-state index contributed by atoms with van der Waals surface area (Å²) >= 11 is 0. The number of fused-ring (bicyclic) bond motifs is 2. The number of rotatable bonds is 3. The van der Waals surface area contributed by atoms with Crippen molar-refractivity contribution in [1.82, 2.24) is 29.5 Å². The molecule has 3 aromatic heterocycles. The smallest absolute Gasteiger partial charge is 0.223 e. The molecule has 0 bridgehead atoms. The molecule has 1 aliphatic heterocycles. The van der Waals surface area contributed by atoms with Gasteiger partial charge in [-0.05, 0) is 29.7 Å². The van der Waals surface area contributed by atoms with Crippen LogP contribution in [0.15, 0.2) is 54.9 Å². The molecule has 0 fully saturated rings. The van der Waals surface area contributed by atoms with Crippen molar-refractivity contribution in [2.24, 2.45) is 0 Å². The Hall–Kier alpha value is -3.32. The monoisotopic (exact) mass is 357 g/mol. The molecule has 0 spiro atoms. The molecule has 1 aromatic carbocycles. The SMILES string of the molecule is Nc1ncc(CN2CCc3ccccc3C2)c2nc(-c3ccccn3)nn12. The van der Waals surface area contributed by atoms with Gasteiger partial charge >= 0.3 is 0 Å². The van der Waals surface area contributed by atoms with Gasteiger partial charge in [-0.15, -0.1) is 5.10 Å². The van der Waals surface area contributed by atoms with Crippen LogP contribution in [-0.4, -0.2) is 36.0 Å². The second-order valence-corrected chi connectivity index (χ2v) is 6.76. The average Bonchev–Trinajstić information content (AvgIpc) is 3.17. The van der Waals surface area contributed by atoms with Crippen LogP contribution >= 0.6 is 0 Å². The van der Waals surface area contributed by atoms with Crippen LogP contribution in [0.3, 0.4) is 0 Å². The number of aromatic nitrogens is 5. The Kier molecular flexibility index (Phi) is 3.79. The summed E-state index contributed by atoms with van der Waals surface area (Å²) in [6.07, 6.45) is 4.59. The van der Waals surface area contributed by atoms with E-state index in [1.807, 2.05) is 24.4 Å². The second kappa shape index (κ2) is 6.44. The molecule has 7 nitrogen and oxygen atoms in total. The largest absolute Gasteiger partial charge is 0.368 e. The molecular weight excluding hydrogens is 338 g/mol. The molecule has 0 radical (unpaired) electrons. The van der Waals surface area contributed by atoms with Crippen molar-refractivity contribution in [2.75, 3.05) is 12.3 Å². The minimum absolute atomic E-state index is 0.326. The van der Waals surface area contributed by atoms with Crippen LogP contribution in [0.25, 0.3) is 17.2 Å². The topological polar surface area (TPSA) is 85.2 Å². The van der Waals surface area contributed by atoms with E-state index in [4.69, 9.17) is 10.7 Å². The Labute approximate surface area is 156 Å². The van der Waals surface area contributed by atoms with Crippen LogP contribution in [0.5, 0.6) is 0 Å². The number of nitrogens with zero attached hydrogens (tertiary/aromatic N) is 6. The second-order valence-electron chi connectivity index (χ2n) is 6.76. The number of nitrogen functional groups attached to an aromatic ring is 1. The number of pyridine rings is 1. The fourth-order valence-corrected chi connectivity index (χ4v) is 3.58. The van der Waals surface area contributed by atoms with E-state index in [9.17, 15) is 0 Å². The highest BCUT2D eigenvalue weighted by atomic mass is 15.4. The Balaban J connectivity index is 1.49. The van der Waals surface area contributed by atoms with Crippen LogP contribution in [0.2, 0.25) is 0 Å². The normalized spacial score (nSPS) is 14.4. The van der Waals surface area contributed by atoms with E-state index in [1.165, 1.54) is 11.1 Å². The fraction of sp³-hybridized carbons (Fsp3) is 0.200. The summed E-state index contributed by atoms with van der Waals surface area (Å²) in [6.45, 7) is 2.69. The van der Waals surface area contributed by atoms with Gasteiger partial charge in [0.25, 0.3) is 0 Å². The minimum atomic E-state index is 0.326. The third-order valence-electron chi connectivity index (χ3n) is 4.96. The number of hydrogen-bond acceptors (Lipinski definition) is 6. The third kappa shape index (κ3) is 2.92. The minimum Gasteiger partial charge on any atom is -0.368 e. The molecule has 27 heavy (non-hydrogen) atoms. The molecule has 0 unspecified atom stereocenters. The Bertz CT molecular complexity index is 1100. The Morgan fingerprint density at radius 2 is 1.85 bits per heavy atom. The molecule has 4 aromatic rings. The maximum atomic E-state index is 6.03. The van der Waals surface area contributed by atoms with Crippen LogP contribution in [0, 0.1) is 0 Å². The summed E-state index contributed by atoms with van der Waals surface area (Å²) in [6, 6.07) is 14.3. The van der Waals surface area contributed by atoms with Gasteiger partial charge in [-0.1, -0.05) is 30.3 Å². The predicted molar refractivity (Wildman–Crippen MR) is 103 cm³/mol. The average molecular weight is 357 g/mol. The van der Waals surface area contributed by atoms with E-state index in [0.29, 0.717) is 11.8 Å². The summed E-state index contributed by atoms with van der Waals surface area (Å²) in [5.74, 6) is 0.882. The van der Waals surface area contributed by atoms with Gasteiger partial charge in [-0.2, -0.15) is 4.52 Å². The van der Waals surface area contributed by atoms with Crippen molar-refractivity contribution in [3.05, 3.63) is 71.5 Å². The molecular formula is C20H19N7. The predicted octanol–water partition coefficient (Wildman–Crippen LogP) is 2.33. The van der Waals surface area contributed by atoms with Gasteiger partial charge in [-0.3, -0.25) is 9.88 Å². The van der Waals surface area contributed by atoms with Crippen molar-refractivity contribution in [1.29, 1.82) is 0 Å². The highest BCUT2D eigenvalue weighted by Gasteiger charge is 2.19. The van der Waals surface area contributed by atoms with Crippen molar-refractivity contribution in [3.8, 4) is 11.5 Å². The molecule has 7 heteroatoms. The van der Waals surface area contributed by atoms with Gasteiger partial charge < -0.3 is 5.73 Å². The molecule has 0 amide bonds. The lowest BCUT2D eigenvalue weighted by Crippen LogP contribution is -2.30. The zero-order chi connectivity index (χ0) is 18.2. The molecule has 2 N–H and O–H groups in total. The van der Waals surface area contributed by atoms with Crippen molar-refractivity contribution >= 4 is 11.6 Å². The zero-order valence-electron chi connectivity index (χ0n) is 14.8. The molecule has 5 rings (SSSR count). The molecule has 0 aliphatic carbocycles. The summed E-state index contributed by atoms with van der Waals surface area (Å²) in [4.78, 5) is 15.8. The molecule has 4 heterocycles. The van der Waals surface area contributed by atoms with Crippen LogP contribution in [0.4, 0.5) is 5.95 Å².